The quantitative estimate of drug-likeness (QED) is 0.866. The molecule has 2 nitrogen and oxygen atoms in total. The van der Waals surface area contributed by atoms with Gasteiger partial charge in [-0.1, -0.05) is 60.1 Å². The number of hydrogen-bond donors (Lipinski definition) is 1. The van der Waals surface area contributed by atoms with Crippen molar-refractivity contribution in [2.75, 3.05) is 7.11 Å². The predicted octanol–water partition coefficient (Wildman–Crippen LogP) is 4.74. The summed E-state index contributed by atoms with van der Waals surface area (Å²) in [5.41, 5.74) is 9.78. The van der Waals surface area contributed by atoms with Gasteiger partial charge in [-0.25, -0.2) is 0 Å². The average Bonchev–Trinajstić information content (AvgIpc) is 2.49. The second-order valence-corrected chi connectivity index (χ2v) is 6.76. The highest BCUT2D eigenvalue weighted by Gasteiger charge is 2.31. The third kappa shape index (κ3) is 3.14. The Kier molecular flexibility index (Phi) is 4.74. The zero-order valence-electron chi connectivity index (χ0n) is 13.0. The maximum Gasteiger partial charge on any atom is 0.124 e. The Morgan fingerprint density at radius 3 is 2.33 bits per heavy atom. The molecule has 2 aromatic carbocycles. The van der Waals surface area contributed by atoms with Crippen LogP contribution in [-0.4, -0.2) is 7.11 Å². The number of benzene rings is 2. The Balaban J connectivity index is 2.49. The molecule has 0 saturated heterocycles. The molecule has 2 rings (SSSR count). The third-order valence-electron chi connectivity index (χ3n) is 4.14. The molecule has 0 bridgehead atoms. The van der Waals surface area contributed by atoms with Gasteiger partial charge in [0, 0.05) is 21.5 Å². The van der Waals surface area contributed by atoms with E-state index in [4.69, 9.17) is 10.5 Å². The van der Waals surface area contributed by atoms with Crippen molar-refractivity contribution in [1.29, 1.82) is 0 Å². The highest BCUT2D eigenvalue weighted by atomic mass is 79.9. The normalized spacial score (nSPS) is 13.0. The molecule has 21 heavy (non-hydrogen) atoms. The molecule has 3 heteroatoms. The van der Waals surface area contributed by atoms with Crippen LogP contribution in [0.2, 0.25) is 0 Å². The van der Waals surface area contributed by atoms with Gasteiger partial charge in [-0.15, -0.1) is 0 Å². The van der Waals surface area contributed by atoms with E-state index in [0.29, 0.717) is 0 Å². The van der Waals surface area contributed by atoms with Gasteiger partial charge < -0.3 is 10.5 Å². The van der Waals surface area contributed by atoms with E-state index in [2.05, 4.69) is 48.0 Å². The summed E-state index contributed by atoms with van der Waals surface area (Å²) in [5, 5.41) is 0. The zero-order valence-corrected chi connectivity index (χ0v) is 14.6. The molecular formula is C18H22BrNO. The molecule has 0 aliphatic rings. The Labute approximate surface area is 135 Å². The van der Waals surface area contributed by atoms with Crippen LogP contribution in [-0.2, 0) is 5.41 Å². The van der Waals surface area contributed by atoms with Gasteiger partial charge in [-0.3, -0.25) is 0 Å². The molecule has 0 radical (unpaired) electrons. The van der Waals surface area contributed by atoms with Gasteiger partial charge >= 0.3 is 0 Å². The van der Waals surface area contributed by atoms with E-state index < -0.39 is 0 Å². The molecule has 1 unspecified atom stereocenters. The molecule has 0 aliphatic heterocycles. The highest BCUT2D eigenvalue weighted by molar-refractivity contribution is 9.10. The van der Waals surface area contributed by atoms with E-state index in [1.807, 2.05) is 31.2 Å². The molecule has 2 aromatic rings. The van der Waals surface area contributed by atoms with Gasteiger partial charge in [-0.05, 0) is 30.2 Å². The van der Waals surface area contributed by atoms with Crippen molar-refractivity contribution in [3.63, 3.8) is 0 Å². The molecule has 0 spiro atoms. The lowest BCUT2D eigenvalue weighted by Gasteiger charge is -2.33. The minimum Gasteiger partial charge on any atom is -0.496 e. The number of methoxy groups -OCH3 is 1. The molecule has 0 aromatic heterocycles. The summed E-state index contributed by atoms with van der Waals surface area (Å²) < 4.78 is 6.59. The molecule has 0 amide bonds. The van der Waals surface area contributed by atoms with E-state index in [9.17, 15) is 0 Å². The van der Waals surface area contributed by atoms with E-state index in [1.54, 1.807) is 7.11 Å². The first kappa shape index (κ1) is 16.1. The van der Waals surface area contributed by atoms with Gasteiger partial charge in [0.05, 0.1) is 7.11 Å². The average molecular weight is 348 g/mol. The molecule has 0 saturated carbocycles. The minimum absolute atomic E-state index is 0.160. The molecular weight excluding hydrogens is 326 g/mol. The van der Waals surface area contributed by atoms with Crippen molar-refractivity contribution >= 4 is 15.9 Å². The number of nitrogens with two attached hydrogens (primary N) is 1. The second-order valence-electron chi connectivity index (χ2n) is 5.91. The third-order valence-corrected chi connectivity index (χ3v) is 5.00. The number of aryl methyl sites for hydroxylation is 1. The van der Waals surface area contributed by atoms with Crippen molar-refractivity contribution in [1.82, 2.24) is 0 Å². The lowest BCUT2D eigenvalue weighted by atomic mass is 9.75. The van der Waals surface area contributed by atoms with Crippen molar-refractivity contribution in [2.45, 2.75) is 32.2 Å². The molecule has 112 valence electrons. The van der Waals surface area contributed by atoms with Crippen LogP contribution < -0.4 is 10.5 Å². The van der Waals surface area contributed by atoms with Crippen LogP contribution >= 0.6 is 15.9 Å². The zero-order chi connectivity index (χ0) is 15.6. The lowest BCUT2D eigenvalue weighted by Crippen LogP contribution is -2.33. The summed E-state index contributed by atoms with van der Waals surface area (Å²) in [6.07, 6.45) is 0. The Bertz CT molecular complexity index is 623. The fraction of sp³-hybridized carbons (Fsp3) is 0.333. The standard InChI is InChI=1S/C18H22BrNO/c1-12-10-16(21-4)14(11-15(12)19)17(20)18(2,3)13-8-6-5-7-9-13/h5-11,17H,20H2,1-4H3. The molecule has 0 aliphatic carbocycles. The fourth-order valence-electron chi connectivity index (χ4n) is 2.53. The molecule has 2 N–H and O–H groups in total. The summed E-state index contributed by atoms with van der Waals surface area (Å²) >= 11 is 3.59. The van der Waals surface area contributed by atoms with Gasteiger partial charge in [0.2, 0.25) is 0 Å². The van der Waals surface area contributed by atoms with Crippen LogP contribution in [0, 0.1) is 6.92 Å². The van der Waals surface area contributed by atoms with Gasteiger partial charge in [0.25, 0.3) is 0 Å². The van der Waals surface area contributed by atoms with Crippen LogP contribution in [0.3, 0.4) is 0 Å². The largest absolute Gasteiger partial charge is 0.496 e. The summed E-state index contributed by atoms with van der Waals surface area (Å²) in [7, 11) is 1.69. The predicted molar refractivity (Wildman–Crippen MR) is 91.8 cm³/mol. The van der Waals surface area contributed by atoms with Crippen LogP contribution in [0.5, 0.6) is 5.75 Å². The second kappa shape index (κ2) is 6.20. The smallest absolute Gasteiger partial charge is 0.124 e. The van der Waals surface area contributed by atoms with Crippen molar-refractivity contribution in [2.24, 2.45) is 5.73 Å². The first-order valence-electron chi connectivity index (χ1n) is 7.03. The summed E-state index contributed by atoms with van der Waals surface area (Å²) in [6, 6.07) is 14.3. The maximum absolute atomic E-state index is 6.60. The molecule has 0 fully saturated rings. The SMILES string of the molecule is COc1cc(C)c(Br)cc1C(N)C(C)(C)c1ccccc1. The van der Waals surface area contributed by atoms with Crippen LogP contribution in [0.25, 0.3) is 0 Å². The Morgan fingerprint density at radius 1 is 1.14 bits per heavy atom. The van der Waals surface area contributed by atoms with Crippen molar-refractivity contribution in [3.8, 4) is 5.75 Å². The highest BCUT2D eigenvalue weighted by Crippen LogP contribution is 2.40. The first-order valence-corrected chi connectivity index (χ1v) is 7.82. The lowest BCUT2D eigenvalue weighted by molar-refractivity contribution is 0.376. The maximum atomic E-state index is 6.60. The molecule has 0 heterocycles. The van der Waals surface area contributed by atoms with E-state index in [0.717, 1.165) is 21.3 Å². The topological polar surface area (TPSA) is 35.2 Å². The van der Waals surface area contributed by atoms with Crippen molar-refractivity contribution < 1.29 is 4.74 Å². The van der Waals surface area contributed by atoms with Gasteiger partial charge in [0.1, 0.15) is 5.75 Å². The number of ether oxygens (including phenoxy) is 1. The van der Waals surface area contributed by atoms with Crippen LogP contribution in [0.4, 0.5) is 0 Å². The van der Waals surface area contributed by atoms with E-state index >= 15 is 0 Å². The Morgan fingerprint density at radius 2 is 1.76 bits per heavy atom. The summed E-state index contributed by atoms with van der Waals surface area (Å²) in [4.78, 5) is 0. The van der Waals surface area contributed by atoms with Crippen molar-refractivity contribution in [3.05, 3.63) is 63.6 Å². The van der Waals surface area contributed by atoms with E-state index in [-0.39, 0.29) is 11.5 Å². The van der Waals surface area contributed by atoms with Crippen LogP contribution in [0.1, 0.15) is 36.6 Å². The first-order chi connectivity index (χ1) is 9.87. The van der Waals surface area contributed by atoms with Gasteiger partial charge in [0.15, 0.2) is 0 Å². The number of hydrogen-bond acceptors (Lipinski definition) is 2. The van der Waals surface area contributed by atoms with E-state index in [1.165, 1.54) is 5.56 Å². The fourth-order valence-corrected chi connectivity index (χ4v) is 2.89. The minimum atomic E-state index is -0.191. The number of halogens is 1. The monoisotopic (exact) mass is 347 g/mol. The van der Waals surface area contributed by atoms with Crippen LogP contribution in [0.15, 0.2) is 46.9 Å². The Hall–Kier alpha value is -1.32. The summed E-state index contributed by atoms with van der Waals surface area (Å²) in [6.45, 7) is 6.38. The molecule has 1 atom stereocenters. The number of rotatable bonds is 4. The summed E-state index contributed by atoms with van der Waals surface area (Å²) in [5.74, 6) is 0.840. The van der Waals surface area contributed by atoms with Gasteiger partial charge in [-0.2, -0.15) is 0 Å².